The van der Waals surface area contributed by atoms with Crippen LogP contribution in [0.4, 0.5) is 5.69 Å². The van der Waals surface area contributed by atoms with Crippen molar-refractivity contribution in [1.29, 1.82) is 0 Å². The van der Waals surface area contributed by atoms with Crippen molar-refractivity contribution in [3.63, 3.8) is 0 Å². The summed E-state index contributed by atoms with van der Waals surface area (Å²) in [5, 5.41) is 0.757. The summed E-state index contributed by atoms with van der Waals surface area (Å²) in [6.07, 6.45) is 0.684. The van der Waals surface area contributed by atoms with Gasteiger partial charge in [-0.2, -0.15) is 0 Å². The summed E-state index contributed by atoms with van der Waals surface area (Å²) in [6, 6.07) is 7.43. The van der Waals surface area contributed by atoms with E-state index in [0.29, 0.717) is 19.5 Å². The largest absolute Gasteiger partial charge is 0.367 e. The number of anilines is 1. The van der Waals surface area contributed by atoms with Crippen molar-refractivity contribution in [2.75, 3.05) is 31.1 Å². The molecule has 0 spiro atoms. The highest BCUT2D eigenvalue weighted by Crippen LogP contribution is 2.26. The van der Waals surface area contributed by atoms with Crippen molar-refractivity contribution in [2.24, 2.45) is 5.73 Å². The van der Waals surface area contributed by atoms with Gasteiger partial charge >= 0.3 is 0 Å². The van der Waals surface area contributed by atoms with Crippen LogP contribution in [0.1, 0.15) is 13.3 Å². The van der Waals surface area contributed by atoms with Gasteiger partial charge < -0.3 is 15.5 Å². The Hall–Kier alpha value is -0.680. The molecule has 1 aromatic carbocycles. The first-order chi connectivity index (χ1) is 9.13. The van der Waals surface area contributed by atoms with E-state index >= 15 is 0 Å². The van der Waals surface area contributed by atoms with Crippen LogP contribution in [-0.4, -0.2) is 43.0 Å². The monoisotopic (exact) mass is 353 g/mol. The maximum Gasteiger partial charge on any atom is 0.239 e. The Morgan fingerprint density at radius 2 is 1.81 bits per heavy atom. The van der Waals surface area contributed by atoms with Crippen LogP contribution in [0, 0.1) is 0 Å². The third-order valence-electron chi connectivity index (χ3n) is 3.54. The van der Waals surface area contributed by atoms with E-state index < -0.39 is 0 Å². The average Bonchev–Trinajstić information content (AvgIpc) is 2.46. The lowest BCUT2D eigenvalue weighted by atomic mass is 10.2. The van der Waals surface area contributed by atoms with Crippen LogP contribution in [-0.2, 0) is 4.79 Å². The molecule has 1 aliphatic rings. The molecule has 0 unspecified atom stereocenters. The Morgan fingerprint density at radius 1 is 1.24 bits per heavy atom. The molecule has 1 amide bonds. The molecule has 0 aromatic heterocycles. The molecule has 21 heavy (non-hydrogen) atoms. The molecule has 120 valence electrons. The zero-order valence-corrected chi connectivity index (χ0v) is 14.4. The van der Waals surface area contributed by atoms with E-state index in [1.165, 1.54) is 0 Å². The van der Waals surface area contributed by atoms with Crippen molar-refractivity contribution in [3.05, 3.63) is 29.3 Å². The molecule has 1 fully saturated rings. The summed E-state index contributed by atoms with van der Waals surface area (Å²) in [6.45, 7) is 4.94. The molecular weight excluding hydrogens is 333 g/mol. The maximum absolute atomic E-state index is 12.0. The number of carbonyl (C=O) groups excluding carboxylic acids is 1. The van der Waals surface area contributed by atoms with E-state index in [-0.39, 0.29) is 36.8 Å². The highest BCUT2D eigenvalue weighted by molar-refractivity contribution is 6.33. The zero-order chi connectivity index (χ0) is 13.8. The second kappa shape index (κ2) is 9.36. The fourth-order valence-electron chi connectivity index (χ4n) is 2.29. The number of nitrogens with zero attached hydrogens (tertiary/aromatic N) is 2. The van der Waals surface area contributed by atoms with Crippen molar-refractivity contribution >= 4 is 48.0 Å². The molecular formula is C14H22Cl3N3O. The summed E-state index contributed by atoms with van der Waals surface area (Å²) >= 11 is 6.19. The first kappa shape index (κ1) is 20.3. The molecule has 1 aliphatic heterocycles. The lowest BCUT2D eigenvalue weighted by Gasteiger charge is -2.37. The lowest BCUT2D eigenvalue weighted by molar-refractivity contribution is -0.132. The topological polar surface area (TPSA) is 49.6 Å². The number of hydrogen-bond donors (Lipinski definition) is 1. The molecule has 2 rings (SSSR count). The van der Waals surface area contributed by atoms with Gasteiger partial charge in [0.1, 0.15) is 0 Å². The van der Waals surface area contributed by atoms with Gasteiger partial charge in [-0.25, -0.2) is 0 Å². The number of hydrogen-bond acceptors (Lipinski definition) is 3. The minimum atomic E-state index is -0.369. The Labute approximate surface area is 143 Å². The van der Waals surface area contributed by atoms with Crippen LogP contribution < -0.4 is 10.6 Å². The predicted molar refractivity (Wildman–Crippen MR) is 93.0 cm³/mol. The van der Waals surface area contributed by atoms with Crippen LogP contribution in [0.3, 0.4) is 0 Å². The van der Waals surface area contributed by atoms with Crippen LogP contribution in [0.15, 0.2) is 24.3 Å². The van der Waals surface area contributed by atoms with E-state index in [4.69, 9.17) is 17.3 Å². The van der Waals surface area contributed by atoms with Crippen LogP contribution in [0.25, 0.3) is 0 Å². The number of benzene rings is 1. The Bertz CT molecular complexity index is 451. The van der Waals surface area contributed by atoms with Gasteiger partial charge in [-0.3, -0.25) is 4.79 Å². The third-order valence-corrected chi connectivity index (χ3v) is 3.86. The fraction of sp³-hybridized carbons (Fsp3) is 0.500. The van der Waals surface area contributed by atoms with E-state index in [1.807, 2.05) is 36.1 Å². The predicted octanol–water partition coefficient (Wildman–Crippen LogP) is 2.57. The number of para-hydroxylation sites is 1. The molecule has 1 saturated heterocycles. The van der Waals surface area contributed by atoms with Crippen molar-refractivity contribution < 1.29 is 4.79 Å². The Morgan fingerprint density at radius 3 is 2.33 bits per heavy atom. The summed E-state index contributed by atoms with van der Waals surface area (Å²) in [7, 11) is 0. The second-order valence-electron chi connectivity index (χ2n) is 4.78. The van der Waals surface area contributed by atoms with Crippen LogP contribution in [0.2, 0.25) is 5.02 Å². The van der Waals surface area contributed by atoms with E-state index in [2.05, 4.69) is 4.90 Å². The fourth-order valence-corrected chi connectivity index (χ4v) is 2.54. The number of rotatable bonds is 3. The van der Waals surface area contributed by atoms with Crippen LogP contribution in [0.5, 0.6) is 0 Å². The summed E-state index contributed by atoms with van der Waals surface area (Å²) < 4.78 is 0. The molecule has 4 nitrogen and oxygen atoms in total. The van der Waals surface area contributed by atoms with Gasteiger partial charge in [-0.1, -0.05) is 30.7 Å². The first-order valence-corrected chi connectivity index (χ1v) is 7.05. The third kappa shape index (κ3) is 4.92. The standard InChI is InChI=1S/C14H20ClN3O.2ClH/c1-2-12(16)14(19)18-9-7-17(8-10-18)13-6-4-3-5-11(13)15;;/h3-6,12H,2,7-10,16H2,1H3;2*1H/t12-;;/m0../s1. The minimum Gasteiger partial charge on any atom is -0.367 e. The Balaban J connectivity index is 0.00000200. The number of nitrogens with two attached hydrogens (primary N) is 1. The molecule has 0 radical (unpaired) electrons. The van der Waals surface area contributed by atoms with Gasteiger partial charge in [-0.05, 0) is 18.6 Å². The van der Waals surface area contributed by atoms with Gasteiger partial charge in [0.15, 0.2) is 0 Å². The maximum atomic E-state index is 12.0. The molecule has 1 atom stereocenters. The highest BCUT2D eigenvalue weighted by Gasteiger charge is 2.24. The molecule has 2 N–H and O–H groups in total. The number of amides is 1. The van der Waals surface area contributed by atoms with Gasteiger partial charge in [0, 0.05) is 26.2 Å². The molecule has 7 heteroatoms. The first-order valence-electron chi connectivity index (χ1n) is 6.67. The smallest absolute Gasteiger partial charge is 0.239 e. The van der Waals surface area contributed by atoms with Gasteiger partial charge in [0.05, 0.1) is 16.8 Å². The van der Waals surface area contributed by atoms with E-state index in [9.17, 15) is 4.79 Å². The quantitative estimate of drug-likeness (QED) is 0.907. The summed E-state index contributed by atoms with van der Waals surface area (Å²) in [4.78, 5) is 16.1. The Kier molecular flexibility index (Phi) is 9.06. The van der Waals surface area contributed by atoms with E-state index in [1.54, 1.807) is 0 Å². The summed E-state index contributed by atoms with van der Waals surface area (Å²) in [5.41, 5.74) is 6.83. The molecule has 0 aliphatic carbocycles. The van der Waals surface area contributed by atoms with E-state index in [0.717, 1.165) is 23.8 Å². The summed E-state index contributed by atoms with van der Waals surface area (Å²) in [5.74, 6) is 0.0568. The van der Waals surface area contributed by atoms with Gasteiger partial charge in [0.25, 0.3) is 0 Å². The second-order valence-corrected chi connectivity index (χ2v) is 5.19. The zero-order valence-electron chi connectivity index (χ0n) is 12.0. The van der Waals surface area contributed by atoms with Crippen molar-refractivity contribution in [3.8, 4) is 0 Å². The average molecular weight is 355 g/mol. The normalized spacial score (nSPS) is 15.8. The van der Waals surface area contributed by atoms with Gasteiger partial charge in [-0.15, -0.1) is 24.8 Å². The SMILES string of the molecule is CC[C@H](N)C(=O)N1CCN(c2ccccc2Cl)CC1.Cl.Cl. The molecule has 1 heterocycles. The van der Waals surface area contributed by atoms with Gasteiger partial charge in [0.2, 0.25) is 5.91 Å². The molecule has 1 aromatic rings. The highest BCUT2D eigenvalue weighted by atomic mass is 35.5. The lowest BCUT2D eigenvalue weighted by Crippen LogP contribution is -2.53. The van der Waals surface area contributed by atoms with Crippen LogP contribution >= 0.6 is 36.4 Å². The number of piperazine rings is 1. The number of carbonyl (C=O) groups is 1. The molecule has 0 bridgehead atoms. The number of halogens is 3. The minimum absolute atomic E-state index is 0. The van der Waals surface area contributed by atoms with Crippen molar-refractivity contribution in [2.45, 2.75) is 19.4 Å². The molecule has 0 saturated carbocycles. The van der Waals surface area contributed by atoms with Crippen molar-refractivity contribution in [1.82, 2.24) is 4.90 Å².